The zero-order chi connectivity index (χ0) is 17.6. The van der Waals surface area contributed by atoms with Crippen molar-refractivity contribution in [3.63, 3.8) is 0 Å². The fourth-order valence-electron chi connectivity index (χ4n) is 2.95. The number of nitrogens with zero attached hydrogens (tertiary/aromatic N) is 3. The Morgan fingerprint density at radius 3 is 2.80 bits per heavy atom. The molecule has 1 aromatic rings. The quantitative estimate of drug-likeness (QED) is 0.890. The van der Waals surface area contributed by atoms with Gasteiger partial charge in [0.15, 0.2) is 0 Å². The minimum absolute atomic E-state index is 0.0858. The summed E-state index contributed by atoms with van der Waals surface area (Å²) < 4.78 is 24.4. The number of urea groups is 1. The third kappa shape index (κ3) is 4.66. The molecule has 2 amide bonds. The van der Waals surface area contributed by atoms with Crippen LogP contribution >= 0.6 is 0 Å². The molecule has 0 spiro atoms. The molecule has 0 bridgehead atoms. The number of nitriles is 1. The lowest BCUT2D eigenvalue weighted by Crippen LogP contribution is -2.52. The van der Waals surface area contributed by atoms with Crippen molar-refractivity contribution in [2.24, 2.45) is 0 Å². The van der Waals surface area contributed by atoms with Crippen molar-refractivity contribution in [1.82, 2.24) is 9.80 Å². The van der Waals surface area contributed by atoms with Crippen molar-refractivity contribution >= 4 is 11.7 Å². The Balaban J connectivity index is 1.47. The summed E-state index contributed by atoms with van der Waals surface area (Å²) in [5, 5.41) is 11.6. The number of halogens is 1. The van der Waals surface area contributed by atoms with E-state index >= 15 is 0 Å². The third-order valence-corrected chi connectivity index (χ3v) is 4.34. The van der Waals surface area contributed by atoms with Crippen molar-refractivity contribution in [2.45, 2.75) is 6.10 Å². The largest absolute Gasteiger partial charge is 0.376 e. The number of hydrogen-bond acceptors (Lipinski definition) is 5. The summed E-state index contributed by atoms with van der Waals surface area (Å²) in [6, 6.07) is 5.49. The van der Waals surface area contributed by atoms with Crippen LogP contribution in [0.5, 0.6) is 0 Å². The smallest absolute Gasteiger partial charge is 0.321 e. The van der Waals surface area contributed by atoms with E-state index in [0.29, 0.717) is 38.6 Å². The molecule has 2 aliphatic heterocycles. The number of amides is 2. The second-order valence-corrected chi connectivity index (χ2v) is 6.09. The van der Waals surface area contributed by atoms with Crippen LogP contribution in [-0.4, -0.2) is 74.5 Å². The molecule has 8 heteroatoms. The first-order valence-corrected chi connectivity index (χ1v) is 8.33. The van der Waals surface area contributed by atoms with Crippen LogP contribution in [0.4, 0.5) is 14.9 Å². The Morgan fingerprint density at radius 2 is 2.12 bits per heavy atom. The Kier molecular flexibility index (Phi) is 5.81. The normalized spacial score (nSPS) is 21.6. The predicted molar refractivity (Wildman–Crippen MR) is 88.7 cm³/mol. The number of carbonyl (C=O) groups is 1. The third-order valence-electron chi connectivity index (χ3n) is 4.34. The highest BCUT2D eigenvalue weighted by Crippen LogP contribution is 2.15. The highest BCUT2D eigenvalue weighted by atomic mass is 19.1. The fraction of sp³-hybridized carbons (Fsp3) is 0.529. The van der Waals surface area contributed by atoms with Gasteiger partial charge in [0, 0.05) is 38.4 Å². The summed E-state index contributed by atoms with van der Waals surface area (Å²) in [4.78, 5) is 16.3. The second-order valence-electron chi connectivity index (χ2n) is 6.09. The summed E-state index contributed by atoms with van der Waals surface area (Å²) >= 11 is 0. The zero-order valence-electron chi connectivity index (χ0n) is 13.9. The molecule has 0 saturated carbocycles. The van der Waals surface area contributed by atoms with Crippen LogP contribution in [-0.2, 0) is 9.47 Å². The number of hydrogen-bond donors (Lipinski definition) is 1. The average Bonchev–Trinajstić information content (AvgIpc) is 2.64. The van der Waals surface area contributed by atoms with Crippen molar-refractivity contribution in [1.29, 1.82) is 5.26 Å². The molecule has 0 aliphatic carbocycles. The van der Waals surface area contributed by atoms with E-state index in [-0.39, 0.29) is 17.7 Å². The van der Waals surface area contributed by atoms with E-state index in [4.69, 9.17) is 14.7 Å². The van der Waals surface area contributed by atoms with Gasteiger partial charge in [0.1, 0.15) is 11.9 Å². The van der Waals surface area contributed by atoms with E-state index in [0.717, 1.165) is 19.6 Å². The summed E-state index contributed by atoms with van der Waals surface area (Å²) in [6.45, 7) is 5.44. The highest BCUT2D eigenvalue weighted by Gasteiger charge is 2.24. The lowest BCUT2D eigenvalue weighted by molar-refractivity contribution is -0.0992. The maximum Gasteiger partial charge on any atom is 0.321 e. The Morgan fingerprint density at radius 1 is 1.32 bits per heavy atom. The number of ether oxygens (including phenoxy) is 2. The minimum atomic E-state index is -0.594. The van der Waals surface area contributed by atoms with Crippen molar-refractivity contribution in [2.75, 3.05) is 57.9 Å². The molecule has 0 radical (unpaired) electrons. The molecule has 1 N–H and O–H groups in total. The van der Waals surface area contributed by atoms with Gasteiger partial charge in [0.2, 0.25) is 0 Å². The molecule has 0 aromatic heterocycles. The van der Waals surface area contributed by atoms with Gasteiger partial charge in [-0.2, -0.15) is 5.26 Å². The maximum atomic E-state index is 13.3. The molecule has 25 heavy (non-hydrogen) atoms. The lowest BCUT2D eigenvalue weighted by Gasteiger charge is -2.37. The van der Waals surface area contributed by atoms with Crippen LogP contribution in [0, 0.1) is 17.1 Å². The average molecular weight is 348 g/mol. The predicted octanol–water partition coefficient (Wildman–Crippen LogP) is 1.26. The monoisotopic (exact) mass is 348 g/mol. The Bertz CT molecular complexity index is 650. The van der Waals surface area contributed by atoms with Crippen LogP contribution < -0.4 is 5.32 Å². The first-order valence-electron chi connectivity index (χ1n) is 8.33. The lowest BCUT2D eigenvalue weighted by atomic mass is 10.2. The topological polar surface area (TPSA) is 77.8 Å². The van der Waals surface area contributed by atoms with Gasteiger partial charge >= 0.3 is 6.03 Å². The number of nitrogens with one attached hydrogen (secondary N) is 1. The van der Waals surface area contributed by atoms with E-state index in [1.807, 2.05) is 0 Å². The molecule has 7 nitrogen and oxygen atoms in total. The van der Waals surface area contributed by atoms with Gasteiger partial charge < -0.3 is 19.7 Å². The first kappa shape index (κ1) is 17.6. The van der Waals surface area contributed by atoms with Crippen LogP contribution in [0.3, 0.4) is 0 Å². The summed E-state index contributed by atoms with van der Waals surface area (Å²) in [5.41, 5.74) is 0.329. The summed E-state index contributed by atoms with van der Waals surface area (Å²) in [6.07, 6.45) is 0.0951. The molecule has 2 heterocycles. The fourth-order valence-corrected chi connectivity index (χ4v) is 2.95. The highest BCUT2D eigenvalue weighted by molar-refractivity contribution is 5.89. The van der Waals surface area contributed by atoms with E-state index in [9.17, 15) is 9.18 Å². The molecule has 134 valence electrons. The van der Waals surface area contributed by atoms with Crippen LogP contribution in [0.25, 0.3) is 0 Å². The van der Waals surface area contributed by atoms with Crippen molar-refractivity contribution in [3.05, 3.63) is 29.6 Å². The van der Waals surface area contributed by atoms with E-state index < -0.39 is 5.82 Å². The molecule has 1 atom stereocenters. The zero-order valence-corrected chi connectivity index (χ0v) is 13.9. The SMILES string of the molecule is N#Cc1cc(NC(=O)N2CCN(CC3COCCO3)CC2)ccc1F. The molecule has 1 aromatic carbocycles. The van der Waals surface area contributed by atoms with Crippen molar-refractivity contribution < 1.29 is 18.7 Å². The van der Waals surface area contributed by atoms with Crippen LogP contribution in [0.15, 0.2) is 18.2 Å². The van der Waals surface area contributed by atoms with Gasteiger partial charge in [-0.15, -0.1) is 0 Å². The molecule has 1 unspecified atom stereocenters. The maximum absolute atomic E-state index is 13.3. The van der Waals surface area contributed by atoms with Gasteiger partial charge in [-0.25, -0.2) is 9.18 Å². The molecule has 2 fully saturated rings. The van der Waals surface area contributed by atoms with Gasteiger partial charge in [-0.3, -0.25) is 4.90 Å². The van der Waals surface area contributed by atoms with Gasteiger partial charge in [-0.05, 0) is 18.2 Å². The number of rotatable bonds is 3. The number of benzene rings is 1. The number of carbonyl (C=O) groups excluding carboxylic acids is 1. The standard InChI is InChI=1S/C17H21FN4O3/c18-16-2-1-14(9-13(16)10-19)20-17(23)22-5-3-21(4-6-22)11-15-12-24-7-8-25-15/h1-2,9,15H,3-8,11-12H2,(H,20,23). The van der Waals surface area contributed by atoms with Gasteiger partial charge in [0.05, 0.1) is 31.5 Å². The van der Waals surface area contributed by atoms with Crippen LogP contribution in [0.2, 0.25) is 0 Å². The van der Waals surface area contributed by atoms with Gasteiger partial charge in [0.25, 0.3) is 0 Å². The molecule has 3 rings (SSSR count). The summed E-state index contributed by atoms with van der Waals surface area (Å²) in [5.74, 6) is -0.594. The minimum Gasteiger partial charge on any atom is -0.376 e. The molecule has 2 saturated heterocycles. The van der Waals surface area contributed by atoms with E-state index in [1.165, 1.54) is 18.2 Å². The Hall–Kier alpha value is -2.21. The molecular formula is C17H21FN4O3. The van der Waals surface area contributed by atoms with E-state index in [2.05, 4.69) is 10.2 Å². The first-order chi connectivity index (χ1) is 12.2. The van der Waals surface area contributed by atoms with E-state index in [1.54, 1.807) is 11.0 Å². The molecular weight excluding hydrogens is 327 g/mol. The summed E-state index contributed by atoms with van der Waals surface area (Å²) in [7, 11) is 0. The molecule has 2 aliphatic rings. The number of piperazine rings is 1. The van der Waals surface area contributed by atoms with Crippen molar-refractivity contribution in [3.8, 4) is 6.07 Å². The Labute approximate surface area is 145 Å². The second kappa shape index (κ2) is 8.25. The number of anilines is 1. The van der Waals surface area contributed by atoms with Gasteiger partial charge in [-0.1, -0.05) is 0 Å². The van der Waals surface area contributed by atoms with Crippen LogP contribution in [0.1, 0.15) is 5.56 Å².